The zero-order chi connectivity index (χ0) is 73.9. The van der Waals surface area contributed by atoms with Gasteiger partial charge in [0.05, 0.1) is 75.1 Å². The average molecular weight is 1490 g/mol. The summed E-state index contributed by atoms with van der Waals surface area (Å²) in [7, 11) is -3.10. The summed E-state index contributed by atoms with van der Waals surface area (Å²) in [4.78, 5) is 0. The number of hydrogen-bond donors (Lipinski definition) is 0. The standard InChI is InChI=1S/C103H74N4S2Si2/c1-110(2,3)73-45-54-94-86(61-73)87-62-74(111(4,5)6)46-55-95(87)104(94)69-39-33-63(34-40-69)64-35-41-70(42-36-64)106-93-31-19-15-27-79(93)82-51-53-85-88-57-65(38-56-98(88)109-102(85)99(82)106)66-37-47-80-83-50-52-84-81-28-16-20-32-97(81)108-101(84)100(83)107(96(80)58-66)72-44-49-76-75-48-43-71(105-91-29-17-13-25-77(91)78-26-14-18-30-92(78)105)59-89(75)103(90(76)60-72,67-21-9-7-10-22-67)68-23-11-8-12-24-68/h7-62H,1-6H3. The molecule has 1 aliphatic carbocycles. The maximum atomic E-state index is 2.62. The van der Waals surface area contributed by atoms with Crippen LogP contribution in [0.5, 0.6) is 0 Å². The Kier molecular flexibility index (Phi) is 13.8. The third-order valence-corrected chi connectivity index (χ3v) is 31.0. The molecule has 6 aromatic heterocycles. The van der Waals surface area contributed by atoms with Crippen molar-refractivity contribution in [1.82, 2.24) is 18.3 Å². The van der Waals surface area contributed by atoms with Crippen LogP contribution in [0.4, 0.5) is 0 Å². The Labute approximate surface area is 652 Å². The Balaban J connectivity index is 0.659. The van der Waals surface area contributed by atoms with Crippen LogP contribution in [0.1, 0.15) is 22.3 Å². The highest BCUT2D eigenvalue weighted by Crippen LogP contribution is 2.58. The largest absolute Gasteiger partial charge is 0.309 e. The van der Waals surface area contributed by atoms with Crippen molar-refractivity contribution in [2.24, 2.45) is 0 Å². The summed E-state index contributed by atoms with van der Waals surface area (Å²) in [5, 5.41) is 18.3. The van der Waals surface area contributed by atoms with Crippen LogP contribution in [0.3, 0.4) is 0 Å². The van der Waals surface area contributed by atoms with Gasteiger partial charge in [-0.15, -0.1) is 22.7 Å². The molecule has 0 spiro atoms. The van der Waals surface area contributed by atoms with Crippen molar-refractivity contribution in [1.29, 1.82) is 0 Å². The van der Waals surface area contributed by atoms with E-state index in [0.717, 1.165) is 17.1 Å². The normalized spacial score (nSPS) is 13.2. The monoisotopic (exact) mass is 1490 g/mol. The minimum atomic E-state index is -1.55. The van der Waals surface area contributed by atoms with Crippen LogP contribution in [-0.4, -0.2) is 34.4 Å². The number of nitrogens with zero attached hydrogens (tertiary/aromatic N) is 4. The van der Waals surface area contributed by atoms with Gasteiger partial charge in [0, 0.05) is 96.8 Å². The molecule has 4 nitrogen and oxygen atoms in total. The van der Waals surface area contributed by atoms with Crippen LogP contribution in [-0.2, 0) is 5.41 Å². The second kappa shape index (κ2) is 23.8. The third-order valence-electron chi connectivity index (χ3n) is 24.6. The Bertz CT molecular complexity index is 7540. The van der Waals surface area contributed by atoms with Crippen molar-refractivity contribution in [2.75, 3.05) is 0 Å². The Morgan fingerprint density at radius 2 is 0.604 bits per heavy atom. The quantitative estimate of drug-likeness (QED) is 0.122. The smallest absolute Gasteiger partial charge is 0.0776 e. The fourth-order valence-corrected chi connectivity index (χ4v) is 24.0. The number of rotatable bonds is 10. The molecule has 0 radical (unpaired) electrons. The van der Waals surface area contributed by atoms with E-state index in [9.17, 15) is 0 Å². The summed E-state index contributed by atoms with van der Waals surface area (Å²) in [6.45, 7) is 14.7. The molecule has 0 saturated carbocycles. The highest BCUT2D eigenvalue weighted by atomic mass is 32.1. The molecular weight excluding hydrogens is 1410 g/mol. The van der Waals surface area contributed by atoms with Crippen molar-refractivity contribution in [2.45, 2.75) is 44.7 Å². The average Bonchev–Trinajstić information content (AvgIpc) is 1.53. The first kappa shape index (κ1) is 64.6. The Morgan fingerprint density at radius 1 is 0.234 bits per heavy atom. The molecule has 0 unspecified atom stereocenters. The number of benzene rings is 16. The van der Waals surface area contributed by atoms with Crippen LogP contribution < -0.4 is 10.4 Å². The maximum Gasteiger partial charge on any atom is 0.0776 e. The Morgan fingerprint density at radius 3 is 1.14 bits per heavy atom. The molecule has 0 atom stereocenters. The molecule has 526 valence electrons. The number of thiophene rings is 2. The van der Waals surface area contributed by atoms with Gasteiger partial charge in [-0.25, -0.2) is 0 Å². The minimum absolute atomic E-state index is 0.681. The topological polar surface area (TPSA) is 19.7 Å². The fraction of sp³-hybridized carbons (Fsp3) is 0.0680. The van der Waals surface area contributed by atoms with Gasteiger partial charge in [0.1, 0.15) is 0 Å². The van der Waals surface area contributed by atoms with Gasteiger partial charge in [-0.1, -0.05) is 286 Å². The number of hydrogen-bond acceptors (Lipinski definition) is 2. The van der Waals surface area contributed by atoms with Crippen molar-refractivity contribution in [3.05, 3.63) is 362 Å². The van der Waals surface area contributed by atoms with Gasteiger partial charge < -0.3 is 18.3 Å². The summed E-state index contributed by atoms with van der Waals surface area (Å²) < 4.78 is 15.2. The first-order valence-corrected chi connectivity index (χ1v) is 47.4. The van der Waals surface area contributed by atoms with Gasteiger partial charge in [-0.2, -0.15) is 0 Å². The second-order valence-electron chi connectivity index (χ2n) is 32.7. The minimum Gasteiger partial charge on any atom is -0.309 e. The van der Waals surface area contributed by atoms with Gasteiger partial charge in [0.2, 0.25) is 0 Å². The van der Waals surface area contributed by atoms with E-state index >= 15 is 0 Å². The zero-order valence-electron chi connectivity index (χ0n) is 62.4. The molecule has 0 bridgehead atoms. The van der Waals surface area contributed by atoms with Gasteiger partial charge in [0.15, 0.2) is 0 Å². The summed E-state index contributed by atoms with van der Waals surface area (Å²) >= 11 is 3.82. The number of para-hydroxylation sites is 3. The molecule has 0 amide bonds. The highest BCUT2D eigenvalue weighted by Gasteiger charge is 2.47. The zero-order valence-corrected chi connectivity index (χ0v) is 66.1. The number of fused-ring (bicyclic) bond motifs is 23. The van der Waals surface area contributed by atoms with Gasteiger partial charge >= 0.3 is 0 Å². The molecule has 23 rings (SSSR count). The molecular formula is C103H74N4S2Si2. The van der Waals surface area contributed by atoms with E-state index in [-0.39, 0.29) is 0 Å². The first-order valence-electron chi connectivity index (χ1n) is 38.8. The predicted octanol–water partition coefficient (Wildman–Crippen LogP) is 27.6. The highest BCUT2D eigenvalue weighted by molar-refractivity contribution is 7.27. The van der Waals surface area contributed by atoms with Gasteiger partial charge in [-0.05, 0) is 159 Å². The van der Waals surface area contributed by atoms with Gasteiger partial charge in [-0.3, -0.25) is 0 Å². The molecule has 22 aromatic rings. The van der Waals surface area contributed by atoms with E-state index in [1.54, 1.807) is 0 Å². The van der Waals surface area contributed by atoms with E-state index in [2.05, 4.69) is 397 Å². The van der Waals surface area contributed by atoms with Crippen molar-refractivity contribution >= 4 is 177 Å². The lowest BCUT2D eigenvalue weighted by molar-refractivity contribution is 0.766. The summed E-state index contributed by atoms with van der Waals surface area (Å²) in [6.07, 6.45) is 0. The van der Waals surface area contributed by atoms with E-state index in [4.69, 9.17) is 0 Å². The summed E-state index contributed by atoms with van der Waals surface area (Å²) in [5.41, 5.74) is 26.0. The summed E-state index contributed by atoms with van der Waals surface area (Å²) in [6, 6.07) is 130. The van der Waals surface area contributed by atoms with E-state index in [0.29, 0.717) is 0 Å². The van der Waals surface area contributed by atoms with Crippen molar-refractivity contribution < 1.29 is 0 Å². The Hall–Kier alpha value is -12.4. The lowest BCUT2D eigenvalue weighted by Gasteiger charge is -2.34. The van der Waals surface area contributed by atoms with Crippen LogP contribution in [0, 0.1) is 0 Å². The fourth-order valence-electron chi connectivity index (χ4n) is 19.2. The van der Waals surface area contributed by atoms with E-state index < -0.39 is 21.6 Å². The predicted molar refractivity (Wildman–Crippen MR) is 484 cm³/mol. The molecule has 6 heterocycles. The van der Waals surface area contributed by atoms with E-state index in [1.165, 1.54) is 199 Å². The van der Waals surface area contributed by atoms with Crippen LogP contribution in [0.15, 0.2) is 340 Å². The number of aromatic nitrogens is 4. The molecule has 111 heavy (non-hydrogen) atoms. The van der Waals surface area contributed by atoms with Crippen molar-refractivity contribution in [3.8, 4) is 56.1 Å². The van der Waals surface area contributed by atoms with Crippen LogP contribution in [0.25, 0.3) is 184 Å². The molecule has 0 fully saturated rings. The lowest BCUT2D eigenvalue weighted by Crippen LogP contribution is -2.37. The second-order valence-corrected chi connectivity index (χ2v) is 45.0. The molecule has 1 aliphatic rings. The molecule has 0 aliphatic heterocycles. The molecule has 0 N–H and O–H groups in total. The molecule has 16 aromatic carbocycles. The van der Waals surface area contributed by atoms with Crippen molar-refractivity contribution in [3.63, 3.8) is 0 Å². The third kappa shape index (κ3) is 9.43. The maximum absolute atomic E-state index is 2.62. The first-order chi connectivity index (χ1) is 54.3. The molecule has 8 heteroatoms. The van der Waals surface area contributed by atoms with Crippen LogP contribution >= 0.6 is 22.7 Å². The summed E-state index contributed by atoms with van der Waals surface area (Å²) in [5.74, 6) is 0. The van der Waals surface area contributed by atoms with Gasteiger partial charge in [0.25, 0.3) is 0 Å². The van der Waals surface area contributed by atoms with E-state index in [1.807, 2.05) is 22.7 Å². The van der Waals surface area contributed by atoms with Crippen LogP contribution in [0.2, 0.25) is 39.3 Å². The SMILES string of the molecule is C[Si](C)(C)c1ccc2c(c1)c1cc([Si](C)(C)C)ccc1n2-c1ccc(-c2ccc(-n3c4ccccc4c4ccc5c6cc(-c7ccc8c9ccc%10c%11ccccc%11sc%10c9n(-c9ccc%10c(c9)C(c9ccccc9)(c9ccccc9)c9cc(-n%11c%12ccccc%12c%12ccccc%12%11)ccc9-%10)c8c7)ccc6sc5c43)cc2)cc1. The molecule has 0 saturated heterocycles. The lowest BCUT2D eigenvalue weighted by atomic mass is 9.67.